The van der Waals surface area contributed by atoms with Gasteiger partial charge in [0.25, 0.3) is 0 Å². The van der Waals surface area contributed by atoms with E-state index in [1.807, 2.05) is 30.0 Å². The third kappa shape index (κ3) is 7.25. The Balaban J connectivity index is 2.10. The van der Waals surface area contributed by atoms with E-state index in [0.29, 0.717) is 12.3 Å². The second-order valence-corrected chi connectivity index (χ2v) is 8.27. The van der Waals surface area contributed by atoms with E-state index in [1.54, 1.807) is 0 Å². The number of hydrogen-bond donors (Lipinski definition) is 1. The van der Waals surface area contributed by atoms with Gasteiger partial charge >= 0.3 is 0 Å². The molecule has 0 aromatic heterocycles. The molecular weight excluding hydrogens is 263 g/mol. The highest BCUT2D eigenvalue weighted by molar-refractivity contribution is 7.99. The summed E-state index contributed by atoms with van der Waals surface area (Å²) in [5, 5.41) is 0. The highest BCUT2D eigenvalue weighted by Gasteiger charge is 2.15. The molecule has 1 atom stereocenters. The Labute approximate surface area is 115 Å². The van der Waals surface area contributed by atoms with E-state index in [0.717, 1.165) is 31.4 Å². The molecular formula is C14H23O2PS. The van der Waals surface area contributed by atoms with E-state index in [2.05, 4.69) is 19.1 Å². The van der Waals surface area contributed by atoms with Gasteiger partial charge in [0, 0.05) is 17.2 Å². The first-order valence-electron chi connectivity index (χ1n) is 6.63. The second-order valence-electron chi connectivity index (χ2n) is 4.52. The standard InChI is InChI=1S/C14H23O2PS/c1-2-3-11-17(15,16)12-7-8-13-18-14-9-5-4-6-10-14/h4-6,9-10H,2-3,7-8,11-13H2,1H3,(H,15,16). The van der Waals surface area contributed by atoms with Crippen LogP contribution in [0.25, 0.3) is 0 Å². The highest BCUT2D eigenvalue weighted by Crippen LogP contribution is 2.42. The molecule has 0 amide bonds. The Morgan fingerprint density at radius 3 is 2.44 bits per heavy atom. The largest absolute Gasteiger partial charge is 0.344 e. The van der Waals surface area contributed by atoms with Gasteiger partial charge in [0.05, 0.1) is 0 Å². The molecule has 0 heterocycles. The van der Waals surface area contributed by atoms with Crippen LogP contribution in [0, 0.1) is 0 Å². The van der Waals surface area contributed by atoms with Crippen LogP contribution in [-0.2, 0) is 4.57 Å². The maximum Gasteiger partial charge on any atom is 0.200 e. The lowest BCUT2D eigenvalue weighted by Gasteiger charge is -2.10. The Morgan fingerprint density at radius 1 is 1.11 bits per heavy atom. The van der Waals surface area contributed by atoms with Gasteiger partial charge in [0.1, 0.15) is 0 Å². The monoisotopic (exact) mass is 286 g/mol. The lowest BCUT2D eigenvalue weighted by atomic mass is 10.4. The first-order chi connectivity index (χ1) is 8.64. The van der Waals surface area contributed by atoms with Crippen LogP contribution in [0.3, 0.4) is 0 Å². The molecule has 1 aromatic carbocycles. The molecule has 0 aliphatic heterocycles. The number of unbranched alkanes of at least 4 members (excludes halogenated alkanes) is 2. The average molecular weight is 286 g/mol. The Morgan fingerprint density at radius 2 is 1.78 bits per heavy atom. The van der Waals surface area contributed by atoms with Gasteiger partial charge < -0.3 is 4.89 Å². The van der Waals surface area contributed by atoms with Crippen molar-refractivity contribution >= 4 is 19.1 Å². The van der Waals surface area contributed by atoms with Crippen LogP contribution < -0.4 is 0 Å². The summed E-state index contributed by atoms with van der Waals surface area (Å²) in [7, 11) is -2.83. The van der Waals surface area contributed by atoms with Gasteiger partial charge in [-0.1, -0.05) is 31.5 Å². The molecule has 4 heteroatoms. The summed E-state index contributed by atoms with van der Waals surface area (Å²) in [6, 6.07) is 10.3. The number of rotatable bonds is 9. The predicted octanol–water partition coefficient (Wildman–Crippen LogP) is 4.63. The van der Waals surface area contributed by atoms with Crippen molar-refractivity contribution in [3.63, 3.8) is 0 Å². The SMILES string of the molecule is CCCCP(=O)(O)CCCCSc1ccccc1. The first kappa shape index (κ1) is 15.8. The van der Waals surface area contributed by atoms with Gasteiger partial charge in [-0.05, 0) is 37.1 Å². The second kappa shape index (κ2) is 8.79. The normalized spacial score (nSPS) is 14.3. The molecule has 0 aliphatic carbocycles. The van der Waals surface area contributed by atoms with Crippen LogP contribution in [0.4, 0.5) is 0 Å². The van der Waals surface area contributed by atoms with E-state index in [1.165, 1.54) is 4.90 Å². The van der Waals surface area contributed by atoms with Crippen molar-refractivity contribution in [2.75, 3.05) is 18.1 Å². The fourth-order valence-electron chi connectivity index (χ4n) is 1.68. The van der Waals surface area contributed by atoms with E-state index < -0.39 is 7.37 Å². The van der Waals surface area contributed by atoms with Crippen LogP contribution in [-0.4, -0.2) is 23.0 Å². The maximum absolute atomic E-state index is 11.8. The Bertz CT molecular complexity index is 367. The van der Waals surface area contributed by atoms with Crippen LogP contribution in [0.15, 0.2) is 35.2 Å². The van der Waals surface area contributed by atoms with Crippen LogP contribution >= 0.6 is 19.1 Å². The minimum atomic E-state index is -2.83. The Hall–Kier alpha value is -0.240. The molecule has 18 heavy (non-hydrogen) atoms. The third-order valence-electron chi connectivity index (χ3n) is 2.77. The van der Waals surface area contributed by atoms with Gasteiger partial charge in [-0.25, -0.2) is 0 Å². The zero-order chi connectivity index (χ0) is 13.3. The number of benzene rings is 1. The molecule has 0 fully saturated rings. The molecule has 0 saturated carbocycles. The van der Waals surface area contributed by atoms with Crippen LogP contribution in [0.2, 0.25) is 0 Å². The first-order valence-corrected chi connectivity index (χ1v) is 9.64. The fraction of sp³-hybridized carbons (Fsp3) is 0.571. The molecule has 1 aromatic rings. The predicted molar refractivity (Wildman–Crippen MR) is 80.9 cm³/mol. The van der Waals surface area contributed by atoms with Crippen molar-refractivity contribution in [2.45, 2.75) is 37.5 Å². The number of thioether (sulfide) groups is 1. The van der Waals surface area contributed by atoms with Crippen molar-refractivity contribution in [1.82, 2.24) is 0 Å². The van der Waals surface area contributed by atoms with Gasteiger partial charge in [0.2, 0.25) is 7.37 Å². The molecule has 0 spiro atoms. The Kier molecular flexibility index (Phi) is 7.73. The van der Waals surface area contributed by atoms with Crippen molar-refractivity contribution in [1.29, 1.82) is 0 Å². The summed E-state index contributed by atoms with van der Waals surface area (Å²) >= 11 is 1.82. The summed E-state index contributed by atoms with van der Waals surface area (Å²) in [5.41, 5.74) is 0. The summed E-state index contributed by atoms with van der Waals surface area (Å²) in [5.74, 6) is 1.03. The molecule has 1 rings (SSSR count). The smallest absolute Gasteiger partial charge is 0.200 e. The highest BCUT2D eigenvalue weighted by atomic mass is 32.2. The zero-order valence-corrected chi connectivity index (χ0v) is 12.8. The fourth-order valence-corrected chi connectivity index (χ4v) is 4.37. The van der Waals surface area contributed by atoms with Crippen molar-refractivity contribution < 1.29 is 9.46 Å². The van der Waals surface area contributed by atoms with E-state index >= 15 is 0 Å². The lowest BCUT2D eigenvalue weighted by Crippen LogP contribution is -1.95. The van der Waals surface area contributed by atoms with Gasteiger partial charge in [0.15, 0.2) is 0 Å². The topological polar surface area (TPSA) is 37.3 Å². The van der Waals surface area contributed by atoms with E-state index in [4.69, 9.17) is 0 Å². The minimum Gasteiger partial charge on any atom is -0.344 e. The van der Waals surface area contributed by atoms with Crippen molar-refractivity contribution in [3.8, 4) is 0 Å². The molecule has 0 saturated heterocycles. The molecule has 0 aliphatic rings. The third-order valence-corrected chi connectivity index (χ3v) is 5.90. The molecule has 1 unspecified atom stereocenters. The van der Waals surface area contributed by atoms with Crippen molar-refractivity contribution in [3.05, 3.63) is 30.3 Å². The molecule has 1 N–H and O–H groups in total. The molecule has 102 valence electrons. The van der Waals surface area contributed by atoms with Gasteiger partial charge in [-0.2, -0.15) is 0 Å². The van der Waals surface area contributed by atoms with Gasteiger partial charge in [-0.15, -0.1) is 11.8 Å². The van der Waals surface area contributed by atoms with Crippen LogP contribution in [0.5, 0.6) is 0 Å². The molecule has 2 nitrogen and oxygen atoms in total. The summed E-state index contributed by atoms with van der Waals surface area (Å²) in [4.78, 5) is 11.0. The molecule has 0 bridgehead atoms. The minimum absolute atomic E-state index is 0.488. The van der Waals surface area contributed by atoms with Gasteiger partial charge in [-0.3, -0.25) is 4.57 Å². The summed E-state index contributed by atoms with van der Waals surface area (Å²) < 4.78 is 11.8. The van der Waals surface area contributed by atoms with E-state index in [9.17, 15) is 9.46 Å². The van der Waals surface area contributed by atoms with Crippen LogP contribution in [0.1, 0.15) is 32.6 Å². The lowest BCUT2D eigenvalue weighted by molar-refractivity contribution is 0.473. The summed E-state index contributed by atoms with van der Waals surface area (Å²) in [6.45, 7) is 2.05. The maximum atomic E-state index is 11.8. The molecule has 0 radical (unpaired) electrons. The van der Waals surface area contributed by atoms with Crippen molar-refractivity contribution in [2.24, 2.45) is 0 Å². The quantitative estimate of drug-likeness (QED) is 0.408. The number of hydrogen-bond acceptors (Lipinski definition) is 2. The zero-order valence-electron chi connectivity index (χ0n) is 11.0. The van der Waals surface area contributed by atoms with E-state index in [-0.39, 0.29) is 0 Å². The summed E-state index contributed by atoms with van der Waals surface area (Å²) in [6.07, 6.45) is 4.71. The average Bonchev–Trinajstić information content (AvgIpc) is 2.37.